The number of carbonyl (C=O) groups is 1. The maximum atomic E-state index is 13.2. The quantitative estimate of drug-likeness (QED) is 0.846. The van der Waals surface area contributed by atoms with E-state index in [0.717, 1.165) is 11.1 Å². The van der Waals surface area contributed by atoms with Crippen molar-refractivity contribution in [3.63, 3.8) is 0 Å². The maximum Gasteiger partial charge on any atom is 0.416 e. The van der Waals surface area contributed by atoms with Crippen LogP contribution in [0.1, 0.15) is 29.8 Å². The van der Waals surface area contributed by atoms with Gasteiger partial charge in [0.05, 0.1) is 11.1 Å². The zero-order chi connectivity index (χ0) is 17.3. The van der Waals surface area contributed by atoms with Crippen molar-refractivity contribution in [3.05, 3.63) is 65.5 Å². The third-order valence-electron chi connectivity index (χ3n) is 3.41. The molecule has 8 heteroatoms. The van der Waals surface area contributed by atoms with Crippen LogP contribution in [-0.2, 0) is 15.7 Å². The number of halogens is 3. The van der Waals surface area contributed by atoms with E-state index in [1.807, 2.05) is 0 Å². The molecule has 0 fully saturated rings. The Kier molecular flexibility index (Phi) is 3.96. The zero-order valence-corrected chi connectivity index (χ0v) is 12.5. The number of hydrazone groups is 1. The summed E-state index contributed by atoms with van der Waals surface area (Å²) in [5, 5.41) is 4.91. The molecule has 0 saturated carbocycles. The SMILES string of the molecule is CC(=O)N1N=C(c2cccnc2)O[C@@H]1c1ccccc1C(F)(F)F. The van der Waals surface area contributed by atoms with Gasteiger partial charge in [0.15, 0.2) is 0 Å². The molecule has 1 aromatic heterocycles. The van der Waals surface area contributed by atoms with Gasteiger partial charge >= 0.3 is 6.18 Å². The molecule has 0 spiro atoms. The molecule has 5 nitrogen and oxygen atoms in total. The van der Waals surface area contributed by atoms with Crippen molar-refractivity contribution in [2.24, 2.45) is 5.10 Å². The van der Waals surface area contributed by atoms with E-state index in [4.69, 9.17) is 4.74 Å². The van der Waals surface area contributed by atoms with Crippen molar-refractivity contribution in [2.75, 3.05) is 0 Å². The molecule has 1 aliphatic heterocycles. The highest BCUT2D eigenvalue weighted by Crippen LogP contribution is 2.39. The lowest BCUT2D eigenvalue weighted by Crippen LogP contribution is -2.27. The fourth-order valence-electron chi connectivity index (χ4n) is 2.35. The summed E-state index contributed by atoms with van der Waals surface area (Å²) >= 11 is 0. The summed E-state index contributed by atoms with van der Waals surface area (Å²) in [4.78, 5) is 15.7. The standard InChI is InChI=1S/C16H12F3N3O2/c1-10(23)22-15(12-6-2-3-7-13(12)16(17,18)19)24-14(21-22)11-5-4-8-20-9-11/h2-9,15H,1H3/t15-/m1/s1. The lowest BCUT2D eigenvalue weighted by Gasteiger charge is -2.22. The van der Waals surface area contributed by atoms with Crippen LogP contribution in [0.4, 0.5) is 13.2 Å². The van der Waals surface area contributed by atoms with E-state index in [-0.39, 0.29) is 11.5 Å². The number of aromatic nitrogens is 1. The summed E-state index contributed by atoms with van der Waals surface area (Å²) in [6.45, 7) is 1.21. The van der Waals surface area contributed by atoms with Gasteiger partial charge in [-0.2, -0.15) is 18.2 Å². The van der Waals surface area contributed by atoms with Crippen LogP contribution >= 0.6 is 0 Å². The van der Waals surface area contributed by atoms with Crippen LogP contribution in [0.25, 0.3) is 0 Å². The summed E-state index contributed by atoms with van der Waals surface area (Å²) < 4.78 is 45.3. The van der Waals surface area contributed by atoms with Gasteiger partial charge in [0, 0.05) is 24.9 Å². The molecule has 24 heavy (non-hydrogen) atoms. The maximum absolute atomic E-state index is 13.2. The van der Waals surface area contributed by atoms with Crippen molar-refractivity contribution in [2.45, 2.75) is 19.3 Å². The molecule has 2 heterocycles. The van der Waals surface area contributed by atoms with Crippen LogP contribution < -0.4 is 0 Å². The second-order valence-electron chi connectivity index (χ2n) is 5.07. The Labute approximate surface area is 135 Å². The Hall–Kier alpha value is -2.90. The topological polar surface area (TPSA) is 54.8 Å². The molecule has 0 saturated heterocycles. The Morgan fingerprint density at radius 2 is 1.96 bits per heavy atom. The van der Waals surface area contributed by atoms with Crippen LogP contribution in [0.5, 0.6) is 0 Å². The minimum absolute atomic E-state index is 0.0419. The third kappa shape index (κ3) is 2.94. The van der Waals surface area contributed by atoms with E-state index in [9.17, 15) is 18.0 Å². The first-order valence-corrected chi connectivity index (χ1v) is 6.99. The van der Waals surface area contributed by atoms with Gasteiger partial charge < -0.3 is 4.74 Å². The molecule has 1 amide bonds. The number of hydrogen-bond acceptors (Lipinski definition) is 4. The summed E-state index contributed by atoms with van der Waals surface area (Å²) in [5.41, 5.74) is -0.581. The van der Waals surface area contributed by atoms with Gasteiger partial charge in [-0.15, -0.1) is 5.10 Å². The highest BCUT2D eigenvalue weighted by Gasteiger charge is 2.40. The number of hydrogen-bond donors (Lipinski definition) is 0. The number of ether oxygens (including phenoxy) is 1. The molecular formula is C16H12F3N3O2. The predicted octanol–water partition coefficient (Wildman–Crippen LogP) is 3.34. The monoisotopic (exact) mass is 335 g/mol. The van der Waals surface area contributed by atoms with E-state index >= 15 is 0 Å². The van der Waals surface area contributed by atoms with Gasteiger partial charge in [-0.05, 0) is 18.2 Å². The number of amides is 1. The van der Waals surface area contributed by atoms with Crippen LogP contribution in [0, 0.1) is 0 Å². The van der Waals surface area contributed by atoms with E-state index < -0.39 is 23.9 Å². The molecular weight excluding hydrogens is 323 g/mol. The first-order chi connectivity index (χ1) is 11.4. The highest BCUT2D eigenvalue weighted by atomic mass is 19.4. The van der Waals surface area contributed by atoms with Crippen molar-refractivity contribution in [1.82, 2.24) is 9.99 Å². The Balaban J connectivity index is 2.03. The fourth-order valence-corrected chi connectivity index (χ4v) is 2.35. The second-order valence-corrected chi connectivity index (χ2v) is 5.07. The molecule has 2 aromatic rings. The lowest BCUT2D eigenvalue weighted by molar-refractivity contribution is -0.143. The van der Waals surface area contributed by atoms with Crippen LogP contribution in [0.3, 0.4) is 0 Å². The first kappa shape index (κ1) is 16.0. The summed E-state index contributed by atoms with van der Waals surface area (Å²) in [7, 11) is 0. The number of alkyl halides is 3. The molecule has 0 radical (unpaired) electrons. The average Bonchev–Trinajstić information content (AvgIpc) is 3.00. The number of pyridine rings is 1. The van der Waals surface area contributed by atoms with E-state index in [0.29, 0.717) is 5.56 Å². The zero-order valence-electron chi connectivity index (χ0n) is 12.5. The van der Waals surface area contributed by atoms with E-state index in [1.165, 1.54) is 37.5 Å². The minimum Gasteiger partial charge on any atom is -0.446 e. The molecule has 0 N–H and O–H groups in total. The predicted molar refractivity (Wildman–Crippen MR) is 78.6 cm³/mol. The fraction of sp³-hybridized carbons (Fsp3) is 0.188. The van der Waals surface area contributed by atoms with Gasteiger partial charge in [-0.3, -0.25) is 9.78 Å². The number of rotatable bonds is 2. The van der Waals surface area contributed by atoms with E-state index in [2.05, 4.69) is 10.1 Å². The van der Waals surface area contributed by atoms with Crippen molar-refractivity contribution in [3.8, 4) is 0 Å². The Morgan fingerprint density at radius 3 is 2.58 bits per heavy atom. The van der Waals surface area contributed by atoms with Gasteiger partial charge in [-0.1, -0.05) is 18.2 Å². The number of carbonyl (C=O) groups excluding carboxylic acids is 1. The van der Waals surface area contributed by atoms with E-state index in [1.54, 1.807) is 12.1 Å². The molecule has 1 aromatic carbocycles. The highest BCUT2D eigenvalue weighted by molar-refractivity contribution is 5.96. The molecule has 1 atom stereocenters. The Morgan fingerprint density at radius 1 is 1.21 bits per heavy atom. The van der Waals surface area contributed by atoms with Gasteiger partial charge in [0.25, 0.3) is 0 Å². The molecule has 1 aliphatic rings. The smallest absolute Gasteiger partial charge is 0.416 e. The largest absolute Gasteiger partial charge is 0.446 e. The third-order valence-corrected chi connectivity index (χ3v) is 3.41. The van der Waals surface area contributed by atoms with Crippen molar-refractivity contribution < 1.29 is 22.7 Å². The normalized spacial score (nSPS) is 17.4. The van der Waals surface area contributed by atoms with Crippen molar-refractivity contribution >= 4 is 11.8 Å². The van der Waals surface area contributed by atoms with Crippen LogP contribution in [0.2, 0.25) is 0 Å². The molecule has 3 rings (SSSR count). The summed E-state index contributed by atoms with van der Waals surface area (Å²) in [6.07, 6.45) is -2.86. The first-order valence-electron chi connectivity index (χ1n) is 6.99. The van der Waals surface area contributed by atoms with Gasteiger partial charge in [0.1, 0.15) is 0 Å². The Bertz CT molecular complexity index is 791. The minimum atomic E-state index is -4.57. The van der Waals surface area contributed by atoms with Crippen LogP contribution in [0.15, 0.2) is 53.9 Å². The summed E-state index contributed by atoms with van der Waals surface area (Å²) in [5.74, 6) is -0.490. The molecule has 124 valence electrons. The molecule has 0 aliphatic carbocycles. The molecule has 0 unspecified atom stereocenters. The second kappa shape index (κ2) is 5.95. The lowest BCUT2D eigenvalue weighted by atomic mass is 10.1. The average molecular weight is 335 g/mol. The van der Waals surface area contributed by atoms with Crippen LogP contribution in [-0.4, -0.2) is 21.8 Å². The van der Waals surface area contributed by atoms with Crippen molar-refractivity contribution in [1.29, 1.82) is 0 Å². The van der Waals surface area contributed by atoms with Gasteiger partial charge in [-0.25, -0.2) is 0 Å². The number of nitrogens with zero attached hydrogens (tertiary/aromatic N) is 3. The number of benzene rings is 1. The van der Waals surface area contributed by atoms with Gasteiger partial charge in [0.2, 0.25) is 18.0 Å². The summed E-state index contributed by atoms with van der Waals surface area (Å²) in [6, 6.07) is 8.22. The molecule has 0 bridgehead atoms.